The van der Waals surface area contributed by atoms with Crippen molar-refractivity contribution in [3.8, 4) is 0 Å². The first-order valence-electron chi connectivity index (χ1n) is 10.5. The number of carbonyl (C=O) groups excluding carboxylic acids is 1. The van der Waals surface area contributed by atoms with E-state index in [1.165, 1.54) is 10.4 Å². The highest BCUT2D eigenvalue weighted by atomic mass is 28.4. The number of benzene rings is 2. The maximum Gasteiger partial charge on any atom is 0.261 e. The smallest absolute Gasteiger partial charge is 0.261 e. The van der Waals surface area contributed by atoms with Crippen LogP contribution in [-0.2, 0) is 9.22 Å². The quantitative estimate of drug-likeness (QED) is 0.215. The largest absolute Gasteiger partial charge is 0.404 e. The molecule has 0 saturated carbocycles. The molecule has 0 bridgehead atoms. The average molecular weight is 407 g/mol. The van der Waals surface area contributed by atoms with Crippen LogP contribution in [0, 0.1) is 0 Å². The zero-order valence-corrected chi connectivity index (χ0v) is 19.0. The van der Waals surface area contributed by atoms with E-state index in [0.717, 1.165) is 25.5 Å². The molecule has 0 saturated heterocycles. The third-order valence-electron chi connectivity index (χ3n) is 5.14. The van der Waals surface area contributed by atoms with Crippen molar-refractivity contribution < 1.29 is 9.22 Å². The number of aldehydes is 1. The van der Waals surface area contributed by atoms with Crippen LogP contribution in [0.25, 0.3) is 0 Å². The number of allylic oxidation sites excluding steroid dienone is 3. The Morgan fingerprint density at radius 2 is 1.31 bits per heavy atom. The molecule has 0 N–H and O–H groups in total. The van der Waals surface area contributed by atoms with Crippen LogP contribution in [0.4, 0.5) is 0 Å². The minimum absolute atomic E-state index is 0.00202. The molecule has 0 aliphatic heterocycles. The molecular formula is C26H34O2Si. The van der Waals surface area contributed by atoms with Crippen LogP contribution >= 0.6 is 0 Å². The normalized spacial score (nSPS) is 12.7. The Morgan fingerprint density at radius 1 is 0.793 bits per heavy atom. The topological polar surface area (TPSA) is 26.3 Å². The van der Waals surface area contributed by atoms with Crippen molar-refractivity contribution in [3.63, 3.8) is 0 Å². The summed E-state index contributed by atoms with van der Waals surface area (Å²) in [5.74, 6) is 0. The second-order valence-electron chi connectivity index (χ2n) is 8.28. The molecule has 2 aromatic carbocycles. The summed E-state index contributed by atoms with van der Waals surface area (Å²) < 4.78 is 6.81. The van der Waals surface area contributed by atoms with Gasteiger partial charge in [-0.15, -0.1) is 0 Å². The van der Waals surface area contributed by atoms with E-state index in [0.29, 0.717) is 13.0 Å². The second kappa shape index (κ2) is 11.7. The summed E-state index contributed by atoms with van der Waals surface area (Å²) in [7, 11) is -2.45. The molecule has 0 unspecified atom stereocenters. The number of carbonyl (C=O) groups is 1. The lowest BCUT2D eigenvalue weighted by atomic mass is 10.2. The average Bonchev–Trinajstić information content (AvgIpc) is 2.72. The molecule has 2 nitrogen and oxygen atoms in total. The van der Waals surface area contributed by atoms with Gasteiger partial charge in [0.05, 0.1) is 6.61 Å². The van der Waals surface area contributed by atoms with E-state index in [1.807, 2.05) is 0 Å². The molecule has 0 aromatic heterocycles. The van der Waals surface area contributed by atoms with Crippen molar-refractivity contribution in [1.82, 2.24) is 0 Å². The van der Waals surface area contributed by atoms with Gasteiger partial charge in [-0.1, -0.05) is 106 Å². The molecule has 0 heterocycles. The van der Waals surface area contributed by atoms with Crippen LogP contribution in [-0.4, -0.2) is 21.2 Å². The van der Waals surface area contributed by atoms with Gasteiger partial charge < -0.3 is 9.22 Å². The number of unbranched alkanes of at least 4 members (excludes halogenated alkanes) is 3. The predicted octanol–water partition coefficient (Wildman–Crippen LogP) is 5.43. The van der Waals surface area contributed by atoms with Gasteiger partial charge >= 0.3 is 0 Å². The third-order valence-corrected chi connectivity index (χ3v) is 10.1. The van der Waals surface area contributed by atoms with Crippen molar-refractivity contribution in [3.05, 3.63) is 85.0 Å². The lowest BCUT2D eigenvalue weighted by Crippen LogP contribution is -2.66. The summed E-state index contributed by atoms with van der Waals surface area (Å²) in [5, 5.41) is 2.61. The summed E-state index contributed by atoms with van der Waals surface area (Å²) in [5.41, 5.74) is 0. The summed E-state index contributed by atoms with van der Waals surface area (Å²) in [4.78, 5) is 10.3. The van der Waals surface area contributed by atoms with Gasteiger partial charge in [0.15, 0.2) is 0 Å². The highest BCUT2D eigenvalue weighted by Crippen LogP contribution is 2.36. The third kappa shape index (κ3) is 6.38. The van der Waals surface area contributed by atoms with E-state index in [-0.39, 0.29) is 5.04 Å². The molecule has 0 spiro atoms. The van der Waals surface area contributed by atoms with Crippen molar-refractivity contribution in [2.45, 2.75) is 51.5 Å². The van der Waals surface area contributed by atoms with E-state index >= 15 is 0 Å². The lowest BCUT2D eigenvalue weighted by molar-refractivity contribution is -0.107. The minimum atomic E-state index is -2.45. The molecule has 2 rings (SSSR count). The molecule has 29 heavy (non-hydrogen) atoms. The van der Waals surface area contributed by atoms with Crippen LogP contribution in [0.3, 0.4) is 0 Å². The van der Waals surface area contributed by atoms with E-state index in [2.05, 4.69) is 106 Å². The van der Waals surface area contributed by atoms with Crippen LogP contribution in [0.1, 0.15) is 46.5 Å². The van der Waals surface area contributed by atoms with Gasteiger partial charge in [-0.2, -0.15) is 0 Å². The Morgan fingerprint density at radius 3 is 1.83 bits per heavy atom. The number of rotatable bonds is 11. The molecule has 0 amide bonds. The summed E-state index contributed by atoms with van der Waals surface area (Å²) >= 11 is 0. The molecule has 0 fully saturated rings. The molecule has 0 atom stereocenters. The predicted molar refractivity (Wildman–Crippen MR) is 126 cm³/mol. The first kappa shape index (κ1) is 23.0. The summed E-state index contributed by atoms with van der Waals surface area (Å²) in [6.07, 6.45) is 13.1. The Hall–Kier alpha value is -2.23. The van der Waals surface area contributed by atoms with Gasteiger partial charge in [-0.05, 0) is 34.7 Å². The molecule has 2 aromatic rings. The van der Waals surface area contributed by atoms with Crippen molar-refractivity contribution >= 4 is 25.0 Å². The Bertz CT molecular complexity index is 734. The molecule has 0 radical (unpaired) electrons. The van der Waals surface area contributed by atoms with Crippen molar-refractivity contribution in [2.75, 3.05) is 6.61 Å². The van der Waals surface area contributed by atoms with Gasteiger partial charge in [-0.3, -0.25) is 0 Å². The maximum absolute atomic E-state index is 10.3. The zero-order valence-electron chi connectivity index (χ0n) is 18.0. The SMILES string of the molecule is CC(C)(C)[Si](OC/C=C/C=C/CCCCC=O)(c1ccccc1)c1ccccc1. The minimum Gasteiger partial charge on any atom is -0.404 e. The molecule has 0 aliphatic rings. The molecule has 0 aliphatic carbocycles. The van der Waals surface area contributed by atoms with Gasteiger partial charge in [0, 0.05) is 6.42 Å². The Kier molecular flexibility index (Phi) is 9.29. The standard InChI is InChI=1S/C26H34O2Si/c1-26(2,3)29(24-18-12-10-13-19-24,25-20-14-11-15-21-25)28-23-17-9-7-5-4-6-8-16-22-27/h5,7,9-15,17-22H,4,6,8,16,23H2,1-3H3/b7-5+,17-9+. The highest BCUT2D eigenvalue weighted by molar-refractivity contribution is 6.99. The van der Waals surface area contributed by atoms with Gasteiger partial charge in [0.1, 0.15) is 6.29 Å². The molecular weight excluding hydrogens is 372 g/mol. The van der Waals surface area contributed by atoms with Crippen molar-refractivity contribution in [2.24, 2.45) is 0 Å². The van der Waals surface area contributed by atoms with Crippen molar-refractivity contribution in [1.29, 1.82) is 0 Å². The summed E-state index contributed by atoms with van der Waals surface area (Å²) in [6.45, 7) is 7.47. The Balaban J connectivity index is 2.16. The first-order chi connectivity index (χ1) is 14.0. The van der Waals surface area contributed by atoms with Crippen LogP contribution in [0.15, 0.2) is 85.0 Å². The van der Waals surface area contributed by atoms with Gasteiger partial charge in [0.25, 0.3) is 8.32 Å². The number of hydrogen-bond donors (Lipinski definition) is 0. The molecule has 154 valence electrons. The fourth-order valence-corrected chi connectivity index (χ4v) is 8.24. The van der Waals surface area contributed by atoms with Crippen LogP contribution in [0.2, 0.25) is 5.04 Å². The van der Waals surface area contributed by atoms with E-state index in [9.17, 15) is 4.79 Å². The fraction of sp³-hybridized carbons (Fsp3) is 0.346. The van der Waals surface area contributed by atoms with E-state index in [4.69, 9.17) is 4.43 Å². The maximum atomic E-state index is 10.3. The lowest BCUT2D eigenvalue weighted by Gasteiger charge is -2.42. The zero-order chi connectivity index (χ0) is 21.0. The van der Waals surface area contributed by atoms with Crippen LogP contribution < -0.4 is 10.4 Å². The number of hydrogen-bond acceptors (Lipinski definition) is 2. The summed E-state index contributed by atoms with van der Waals surface area (Å²) in [6, 6.07) is 21.4. The van der Waals surface area contributed by atoms with E-state index in [1.54, 1.807) is 0 Å². The van der Waals surface area contributed by atoms with E-state index < -0.39 is 8.32 Å². The van der Waals surface area contributed by atoms with Gasteiger partial charge in [0.2, 0.25) is 0 Å². The monoisotopic (exact) mass is 406 g/mol. The van der Waals surface area contributed by atoms with Crippen LogP contribution in [0.5, 0.6) is 0 Å². The second-order valence-corrected chi connectivity index (χ2v) is 12.6. The molecule has 3 heteroatoms. The fourth-order valence-electron chi connectivity index (χ4n) is 3.73. The highest BCUT2D eigenvalue weighted by Gasteiger charge is 2.49. The first-order valence-corrected chi connectivity index (χ1v) is 12.4. The Labute approximate surface area is 177 Å². The van der Waals surface area contributed by atoms with Gasteiger partial charge in [-0.25, -0.2) is 0 Å².